The summed E-state index contributed by atoms with van der Waals surface area (Å²) >= 11 is 0. The Bertz CT molecular complexity index is 494. The van der Waals surface area contributed by atoms with Crippen molar-refractivity contribution in [2.24, 2.45) is 5.92 Å². The Morgan fingerprint density at radius 1 is 1.18 bits per heavy atom. The van der Waals surface area contributed by atoms with Gasteiger partial charge in [-0.2, -0.15) is 0 Å². The van der Waals surface area contributed by atoms with Gasteiger partial charge in [0.2, 0.25) is 0 Å². The van der Waals surface area contributed by atoms with Gasteiger partial charge in [-0.3, -0.25) is 0 Å². The molecule has 1 aliphatic rings. The summed E-state index contributed by atoms with van der Waals surface area (Å²) in [5.74, 6) is 1.55. The van der Waals surface area contributed by atoms with Crippen molar-refractivity contribution < 1.29 is 4.52 Å². The molecule has 2 aromatic rings. The van der Waals surface area contributed by atoms with E-state index in [2.05, 4.69) is 24.2 Å². The molecule has 2 heteroatoms. The average Bonchev–Trinajstić information content (AvgIpc) is 2.83. The zero-order valence-corrected chi connectivity index (χ0v) is 10.4. The van der Waals surface area contributed by atoms with Crippen molar-refractivity contribution in [3.8, 4) is 0 Å². The number of benzene rings is 1. The third-order valence-electron chi connectivity index (χ3n) is 4.22. The molecule has 0 aliphatic heterocycles. The first-order valence-electron chi connectivity index (χ1n) is 6.72. The van der Waals surface area contributed by atoms with Gasteiger partial charge < -0.3 is 4.52 Å². The van der Waals surface area contributed by atoms with Crippen LogP contribution in [0.25, 0.3) is 11.0 Å². The smallest absolute Gasteiger partial charge is 0.167 e. The average molecular weight is 229 g/mol. The monoisotopic (exact) mass is 229 g/mol. The Hall–Kier alpha value is -1.31. The summed E-state index contributed by atoms with van der Waals surface area (Å²) in [5, 5.41) is 5.51. The van der Waals surface area contributed by atoms with E-state index in [0.29, 0.717) is 5.92 Å². The minimum Gasteiger partial charge on any atom is -0.356 e. The number of para-hydroxylation sites is 1. The van der Waals surface area contributed by atoms with Gasteiger partial charge in [0.05, 0.1) is 5.69 Å². The van der Waals surface area contributed by atoms with Gasteiger partial charge in [-0.1, -0.05) is 30.6 Å². The van der Waals surface area contributed by atoms with Crippen molar-refractivity contribution in [3.63, 3.8) is 0 Å². The number of hydrogen-bond acceptors (Lipinski definition) is 2. The predicted molar refractivity (Wildman–Crippen MR) is 69.0 cm³/mol. The lowest BCUT2D eigenvalue weighted by atomic mass is 9.79. The van der Waals surface area contributed by atoms with Crippen molar-refractivity contribution >= 4 is 11.0 Å². The molecule has 1 saturated carbocycles. The molecule has 0 amide bonds. The van der Waals surface area contributed by atoms with E-state index in [0.717, 1.165) is 11.5 Å². The Morgan fingerprint density at radius 2 is 1.94 bits per heavy atom. The second kappa shape index (κ2) is 4.52. The van der Waals surface area contributed by atoms with Crippen LogP contribution in [0.2, 0.25) is 0 Å². The summed E-state index contributed by atoms with van der Waals surface area (Å²) in [6, 6.07) is 8.21. The SMILES string of the molecule is CCC1CCC(c2noc3ccccc23)CC1. The standard InChI is InChI=1S/C15H19NO/c1-2-11-7-9-12(10-8-11)15-13-5-3-4-6-14(13)17-16-15/h3-6,11-12H,2,7-10H2,1H3. The summed E-state index contributed by atoms with van der Waals surface area (Å²) in [6.07, 6.45) is 6.57. The molecule has 1 heterocycles. The zero-order chi connectivity index (χ0) is 11.7. The first kappa shape index (κ1) is 10.8. The van der Waals surface area contributed by atoms with Gasteiger partial charge in [-0.05, 0) is 43.7 Å². The van der Waals surface area contributed by atoms with E-state index in [4.69, 9.17) is 4.52 Å². The zero-order valence-electron chi connectivity index (χ0n) is 10.4. The van der Waals surface area contributed by atoms with Crippen LogP contribution in [-0.2, 0) is 0 Å². The number of hydrogen-bond donors (Lipinski definition) is 0. The van der Waals surface area contributed by atoms with Crippen molar-refractivity contribution in [1.29, 1.82) is 0 Å². The topological polar surface area (TPSA) is 26.0 Å². The molecule has 1 aliphatic carbocycles. The third-order valence-corrected chi connectivity index (χ3v) is 4.22. The highest BCUT2D eigenvalue weighted by molar-refractivity contribution is 5.79. The molecule has 1 fully saturated rings. The highest BCUT2D eigenvalue weighted by atomic mass is 16.5. The van der Waals surface area contributed by atoms with Crippen LogP contribution in [0.5, 0.6) is 0 Å². The molecule has 3 rings (SSSR count). The van der Waals surface area contributed by atoms with Crippen LogP contribution in [0.3, 0.4) is 0 Å². The maximum atomic E-state index is 5.41. The number of rotatable bonds is 2. The quantitative estimate of drug-likeness (QED) is 0.757. The highest BCUT2D eigenvalue weighted by Crippen LogP contribution is 2.38. The fourth-order valence-corrected chi connectivity index (χ4v) is 3.04. The fraction of sp³-hybridized carbons (Fsp3) is 0.533. The molecular weight excluding hydrogens is 210 g/mol. The van der Waals surface area contributed by atoms with Crippen molar-refractivity contribution in [1.82, 2.24) is 5.16 Å². The van der Waals surface area contributed by atoms with E-state index < -0.39 is 0 Å². The van der Waals surface area contributed by atoms with Gasteiger partial charge in [0.1, 0.15) is 0 Å². The van der Waals surface area contributed by atoms with E-state index in [-0.39, 0.29) is 0 Å². The van der Waals surface area contributed by atoms with E-state index in [1.165, 1.54) is 43.2 Å². The lowest BCUT2D eigenvalue weighted by Gasteiger charge is -2.26. The molecule has 17 heavy (non-hydrogen) atoms. The summed E-state index contributed by atoms with van der Waals surface area (Å²) in [4.78, 5) is 0. The third kappa shape index (κ3) is 1.97. The van der Waals surface area contributed by atoms with Crippen molar-refractivity contribution in [2.45, 2.75) is 44.9 Å². The minimum absolute atomic E-state index is 0.612. The molecule has 0 atom stereocenters. The largest absolute Gasteiger partial charge is 0.356 e. The number of fused-ring (bicyclic) bond motifs is 1. The van der Waals surface area contributed by atoms with Crippen LogP contribution in [0, 0.1) is 5.92 Å². The molecule has 2 nitrogen and oxygen atoms in total. The van der Waals surface area contributed by atoms with Crippen molar-refractivity contribution in [2.75, 3.05) is 0 Å². The molecule has 0 spiro atoms. The molecule has 0 bridgehead atoms. The van der Waals surface area contributed by atoms with Crippen LogP contribution in [0.1, 0.15) is 50.6 Å². The summed E-state index contributed by atoms with van der Waals surface area (Å²) in [6.45, 7) is 2.30. The Balaban J connectivity index is 1.85. The Labute approximate surface area is 102 Å². The van der Waals surface area contributed by atoms with Crippen LogP contribution in [0.4, 0.5) is 0 Å². The van der Waals surface area contributed by atoms with Crippen LogP contribution in [-0.4, -0.2) is 5.16 Å². The number of aromatic nitrogens is 1. The first-order valence-corrected chi connectivity index (χ1v) is 6.72. The first-order chi connectivity index (χ1) is 8.38. The van der Waals surface area contributed by atoms with Crippen LogP contribution >= 0.6 is 0 Å². The van der Waals surface area contributed by atoms with Crippen LogP contribution in [0.15, 0.2) is 28.8 Å². The molecule has 0 radical (unpaired) electrons. The van der Waals surface area contributed by atoms with Gasteiger partial charge >= 0.3 is 0 Å². The lowest BCUT2D eigenvalue weighted by molar-refractivity contribution is 0.308. The highest BCUT2D eigenvalue weighted by Gasteiger charge is 2.25. The Morgan fingerprint density at radius 3 is 2.71 bits per heavy atom. The summed E-state index contributed by atoms with van der Waals surface area (Å²) < 4.78 is 5.41. The molecule has 0 saturated heterocycles. The second-order valence-corrected chi connectivity index (χ2v) is 5.19. The van der Waals surface area contributed by atoms with Gasteiger partial charge in [0.15, 0.2) is 5.58 Å². The van der Waals surface area contributed by atoms with E-state index in [9.17, 15) is 0 Å². The molecule has 1 aromatic heterocycles. The van der Waals surface area contributed by atoms with Gasteiger partial charge in [0.25, 0.3) is 0 Å². The summed E-state index contributed by atoms with van der Waals surface area (Å²) in [5.41, 5.74) is 2.12. The van der Waals surface area contributed by atoms with E-state index in [1.54, 1.807) is 0 Å². The van der Waals surface area contributed by atoms with E-state index in [1.807, 2.05) is 12.1 Å². The molecule has 1 aromatic carbocycles. The maximum Gasteiger partial charge on any atom is 0.167 e. The van der Waals surface area contributed by atoms with Crippen molar-refractivity contribution in [3.05, 3.63) is 30.0 Å². The second-order valence-electron chi connectivity index (χ2n) is 5.19. The molecule has 0 unspecified atom stereocenters. The molecular formula is C15H19NO. The van der Waals surface area contributed by atoms with Gasteiger partial charge in [0, 0.05) is 11.3 Å². The van der Waals surface area contributed by atoms with Crippen LogP contribution < -0.4 is 0 Å². The maximum absolute atomic E-state index is 5.41. The summed E-state index contributed by atoms with van der Waals surface area (Å²) in [7, 11) is 0. The molecule has 90 valence electrons. The fourth-order valence-electron chi connectivity index (χ4n) is 3.04. The van der Waals surface area contributed by atoms with Gasteiger partial charge in [-0.25, -0.2) is 0 Å². The lowest BCUT2D eigenvalue weighted by Crippen LogP contribution is -2.12. The Kier molecular flexibility index (Phi) is 2.87. The normalized spacial score (nSPS) is 25.2. The van der Waals surface area contributed by atoms with E-state index >= 15 is 0 Å². The minimum atomic E-state index is 0.612. The number of nitrogens with zero attached hydrogens (tertiary/aromatic N) is 1. The molecule has 0 N–H and O–H groups in total. The van der Waals surface area contributed by atoms with Gasteiger partial charge in [-0.15, -0.1) is 0 Å². The predicted octanol–water partition coefficient (Wildman–Crippen LogP) is 4.51.